The summed E-state index contributed by atoms with van der Waals surface area (Å²) in [5.74, 6) is 0.970. The van der Waals surface area contributed by atoms with Gasteiger partial charge in [-0.3, -0.25) is 4.79 Å². The van der Waals surface area contributed by atoms with Gasteiger partial charge in [0, 0.05) is 10.4 Å². The van der Waals surface area contributed by atoms with Crippen molar-refractivity contribution in [2.75, 3.05) is 5.32 Å². The molecule has 5 nitrogen and oxygen atoms in total. The van der Waals surface area contributed by atoms with Crippen LogP contribution in [0.5, 0.6) is 0 Å². The maximum Gasteiger partial charge on any atom is 0.259 e. The van der Waals surface area contributed by atoms with Crippen molar-refractivity contribution >= 4 is 38.9 Å². The number of nitrogens with one attached hydrogen (secondary N) is 1. The topological polar surface area (TPSA) is 68.0 Å². The first kappa shape index (κ1) is 15.9. The summed E-state index contributed by atoms with van der Waals surface area (Å²) in [5.41, 5.74) is 1.23. The van der Waals surface area contributed by atoms with Crippen molar-refractivity contribution in [1.82, 2.24) is 10.2 Å². The number of thiophene rings is 1. The third-order valence-electron chi connectivity index (χ3n) is 3.16. The number of benzene rings is 1. The molecular weight excluding hydrogens is 378 g/mol. The second-order valence-corrected chi connectivity index (χ2v) is 6.97. The van der Waals surface area contributed by atoms with Crippen LogP contribution in [-0.2, 0) is 0 Å². The summed E-state index contributed by atoms with van der Waals surface area (Å²) >= 11 is 4.83. The smallest absolute Gasteiger partial charge is 0.259 e. The molecule has 0 aliphatic rings. The van der Waals surface area contributed by atoms with Crippen LogP contribution >= 0.6 is 27.3 Å². The van der Waals surface area contributed by atoms with Crippen LogP contribution in [0.25, 0.3) is 10.8 Å². The summed E-state index contributed by atoms with van der Waals surface area (Å²) in [4.78, 5) is 13.2. The number of anilines is 1. The van der Waals surface area contributed by atoms with E-state index in [9.17, 15) is 4.79 Å². The maximum atomic E-state index is 12.4. The highest BCUT2D eigenvalue weighted by Crippen LogP contribution is 2.34. The van der Waals surface area contributed by atoms with Crippen LogP contribution in [0, 0.1) is 0 Å². The van der Waals surface area contributed by atoms with E-state index in [1.54, 1.807) is 6.07 Å². The second-order valence-electron chi connectivity index (χ2n) is 5.20. The predicted molar refractivity (Wildman–Crippen MR) is 93.8 cm³/mol. The summed E-state index contributed by atoms with van der Waals surface area (Å²) < 4.78 is 6.41. The molecule has 0 aliphatic carbocycles. The Hall–Kier alpha value is -1.99. The third kappa shape index (κ3) is 3.35. The molecule has 2 heterocycles. The molecule has 7 heteroatoms. The highest BCUT2D eigenvalue weighted by molar-refractivity contribution is 9.10. The number of nitrogens with zero attached hydrogens (tertiary/aromatic N) is 2. The summed E-state index contributed by atoms with van der Waals surface area (Å²) in [6, 6.07) is 9.10. The molecule has 0 saturated carbocycles. The fourth-order valence-corrected chi connectivity index (χ4v) is 3.20. The van der Waals surface area contributed by atoms with Gasteiger partial charge < -0.3 is 9.73 Å². The molecule has 1 aromatic carbocycles. The van der Waals surface area contributed by atoms with E-state index in [-0.39, 0.29) is 11.8 Å². The van der Waals surface area contributed by atoms with Gasteiger partial charge in [0.15, 0.2) is 0 Å². The van der Waals surface area contributed by atoms with Crippen molar-refractivity contribution in [2.24, 2.45) is 0 Å². The lowest BCUT2D eigenvalue weighted by Crippen LogP contribution is -2.12. The van der Waals surface area contributed by atoms with Crippen molar-refractivity contribution in [2.45, 2.75) is 19.8 Å². The number of amides is 1. The Bertz CT molecular complexity index is 841. The van der Waals surface area contributed by atoms with E-state index < -0.39 is 0 Å². The zero-order valence-corrected chi connectivity index (χ0v) is 14.9. The van der Waals surface area contributed by atoms with Gasteiger partial charge in [-0.1, -0.05) is 26.0 Å². The van der Waals surface area contributed by atoms with E-state index in [1.165, 1.54) is 11.3 Å². The first-order valence-electron chi connectivity index (χ1n) is 7.03. The number of carbonyl (C=O) groups is 1. The molecule has 0 fully saturated rings. The van der Waals surface area contributed by atoms with Crippen molar-refractivity contribution in [3.8, 4) is 10.8 Å². The normalized spacial score (nSPS) is 11.0. The predicted octanol–water partition coefficient (Wildman–Crippen LogP) is 4.94. The zero-order chi connectivity index (χ0) is 16.4. The molecule has 3 aromatic rings. The van der Waals surface area contributed by atoms with E-state index in [0.717, 1.165) is 9.35 Å². The lowest BCUT2D eigenvalue weighted by atomic mass is 10.2. The van der Waals surface area contributed by atoms with Crippen LogP contribution in [0.4, 0.5) is 5.69 Å². The fraction of sp³-hybridized carbons (Fsp3) is 0.188. The van der Waals surface area contributed by atoms with E-state index >= 15 is 0 Å². The molecule has 0 aliphatic heterocycles. The summed E-state index contributed by atoms with van der Waals surface area (Å²) in [5, 5.41) is 12.9. The molecule has 0 radical (unpaired) electrons. The molecule has 0 atom stereocenters. The number of rotatable bonds is 4. The average Bonchev–Trinajstić information content (AvgIpc) is 3.16. The lowest BCUT2D eigenvalue weighted by molar-refractivity contribution is 0.102. The standard InChI is InChI=1S/C16H14BrN3O2S/c1-9(2)15-19-20-16(22-15)13-12(7-8-23-13)18-14(21)10-5-3-4-6-11(10)17/h3-9H,1-2H3,(H,18,21). The molecule has 2 aromatic heterocycles. The quantitative estimate of drug-likeness (QED) is 0.683. The summed E-state index contributed by atoms with van der Waals surface area (Å²) in [7, 11) is 0. The minimum Gasteiger partial charge on any atom is -0.420 e. The Morgan fingerprint density at radius 3 is 2.74 bits per heavy atom. The zero-order valence-electron chi connectivity index (χ0n) is 12.5. The number of hydrogen-bond donors (Lipinski definition) is 1. The van der Waals surface area contributed by atoms with Crippen LogP contribution in [-0.4, -0.2) is 16.1 Å². The van der Waals surface area contributed by atoms with E-state index in [4.69, 9.17) is 4.42 Å². The first-order valence-corrected chi connectivity index (χ1v) is 8.70. The van der Waals surface area contributed by atoms with Crippen LogP contribution in [0.1, 0.15) is 36.0 Å². The fourth-order valence-electron chi connectivity index (χ4n) is 1.97. The van der Waals surface area contributed by atoms with Gasteiger partial charge in [-0.25, -0.2) is 0 Å². The minimum absolute atomic E-state index is 0.162. The van der Waals surface area contributed by atoms with E-state index in [0.29, 0.717) is 23.0 Å². The molecule has 23 heavy (non-hydrogen) atoms. The largest absolute Gasteiger partial charge is 0.420 e. The Labute approximate surface area is 145 Å². The van der Waals surface area contributed by atoms with Crippen LogP contribution in [0.2, 0.25) is 0 Å². The molecule has 1 N–H and O–H groups in total. The van der Waals surface area contributed by atoms with Gasteiger partial charge in [0.1, 0.15) is 4.88 Å². The number of hydrogen-bond acceptors (Lipinski definition) is 5. The van der Waals surface area contributed by atoms with Gasteiger partial charge in [0.2, 0.25) is 5.89 Å². The Morgan fingerprint density at radius 2 is 2.04 bits per heavy atom. The molecule has 0 saturated heterocycles. The molecule has 3 rings (SSSR count). The SMILES string of the molecule is CC(C)c1nnc(-c2sccc2NC(=O)c2ccccc2Br)o1. The van der Waals surface area contributed by atoms with Crippen LogP contribution in [0.15, 0.2) is 44.6 Å². The van der Waals surface area contributed by atoms with Crippen LogP contribution < -0.4 is 5.32 Å². The van der Waals surface area contributed by atoms with Crippen molar-refractivity contribution in [1.29, 1.82) is 0 Å². The highest BCUT2D eigenvalue weighted by atomic mass is 79.9. The van der Waals surface area contributed by atoms with Gasteiger partial charge in [0.25, 0.3) is 11.8 Å². The van der Waals surface area contributed by atoms with Gasteiger partial charge in [0.05, 0.1) is 11.3 Å². The molecule has 1 amide bonds. The Kier molecular flexibility index (Phi) is 4.58. The number of halogens is 1. The monoisotopic (exact) mass is 391 g/mol. The molecule has 118 valence electrons. The third-order valence-corrected chi connectivity index (χ3v) is 4.75. The summed E-state index contributed by atoms with van der Waals surface area (Å²) in [6.07, 6.45) is 0. The van der Waals surface area contributed by atoms with Crippen molar-refractivity contribution < 1.29 is 9.21 Å². The lowest BCUT2D eigenvalue weighted by Gasteiger charge is -2.06. The molecule has 0 unspecified atom stereocenters. The van der Waals surface area contributed by atoms with Gasteiger partial charge in [-0.2, -0.15) is 0 Å². The van der Waals surface area contributed by atoms with Gasteiger partial charge in [-0.05, 0) is 39.5 Å². The highest BCUT2D eigenvalue weighted by Gasteiger charge is 2.18. The van der Waals surface area contributed by atoms with Gasteiger partial charge >= 0.3 is 0 Å². The van der Waals surface area contributed by atoms with E-state index in [1.807, 2.05) is 43.5 Å². The minimum atomic E-state index is -0.194. The molecule has 0 spiro atoms. The molecule has 0 bridgehead atoms. The van der Waals surface area contributed by atoms with E-state index in [2.05, 4.69) is 31.4 Å². The number of carbonyl (C=O) groups excluding carboxylic acids is 1. The number of aromatic nitrogens is 2. The van der Waals surface area contributed by atoms with Crippen molar-refractivity contribution in [3.05, 3.63) is 51.6 Å². The molecular formula is C16H14BrN3O2S. The first-order chi connectivity index (χ1) is 11.1. The average molecular weight is 392 g/mol. The Morgan fingerprint density at radius 1 is 1.26 bits per heavy atom. The summed E-state index contributed by atoms with van der Waals surface area (Å²) in [6.45, 7) is 3.97. The second kappa shape index (κ2) is 6.64. The van der Waals surface area contributed by atoms with Crippen LogP contribution in [0.3, 0.4) is 0 Å². The van der Waals surface area contributed by atoms with Crippen molar-refractivity contribution in [3.63, 3.8) is 0 Å². The Balaban J connectivity index is 1.86. The van der Waals surface area contributed by atoms with Gasteiger partial charge in [-0.15, -0.1) is 21.5 Å². The maximum absolute atomic E-state index is 12.4.